The van der Waals surface area contributed by atoms with Crippen LogP contribution in [0, 0.1) is 0 Å². The summed E-state index contributed by atoms with van der Waals surface area (Å²) in [5, 5.41) is 3.31. The lowest BCUT2D eigenvalue weighted by Gasteiger charge is -2.36. The monoisotopic (exact) mass is 426 g/mol. The van der Waals surface area contributed by atoms with Crippen LogP contribution in [0.2, 0.25) is 0 Å². The molecule has 0 aliphatic carbocycles. The normalized spacial score (nSPS) is 16.1. The van der Waals surface area contributed by atoms with Crippen molar-refractivity contribution in [2.75, 3.05) is 47.5 Å². The van der Waals surface area contributed by atoms with E-state index in [0.29, 0.717) is 17.2 Å². The summed E-state index contributed by atoms with van der Waals surface area (Å²) in [6.07, 6.45) is -4.73. The summed E-state index contributed by atoms with van der Waals surface area (Å²) in [4.78, 5) is 2.26. The first kappa shape index (κ1) is 22.0. The number of piperazine rings is 1. The molecule has 3 rings (SSSR count). The fourth-order valence-corrected chi connectivity index (χ4v) is 3.67. The van der Waals surface area contributed by atoms with Gasteiger partial charge in [-0.2, -0.15) is 0 Å². The molecular weight excluding hydrogens is 401 g/mol. The Morgan fingerprint density at radius 2 is 1.43 bits per heavy atom. The number of ether oxygens (including phenoxy) is 4. The van der Waals surface area contributed by atoms with Crippen molar-refractivity contribution >= 4 is 0 Å². The van der Waals surface area contributed by atoms with Crippen LogP contribution in [-0.4, -0.2) is 58.8 Å². The number of hydrogen-bond acceptors (Lipinski definition) is 6. The molecule has 164 valence electrons. The Morgan fingerprint density at radius 3 is 1.90 bits per heavy atom. The predicted octanol–water partition coefficient (Wildman–Crippen LogP) is 3.61. The molecule has 2 aromatic rings. The van der Waals surface area contributed by atoms with Crippen molar-refractivity contribution in [1.82, 2.24) is 10.2 Å². The molecule has 6 nitrogen and oxygen atoms in total. The van der Waals surface area contributed by atoms with E-state index in [9.17, 15) is 13.2 Å². The zero-order valence-corrected chi connectivity index (χ0v) is 17.1. The standard InChI is InChI=1S/C21H25F3N2O4/c1-27-17-12-15(13-18(28-2)20(17)29-3)19(26-10-8-25-9-11-26)14-4-6-16(7-5-14)30-21(22,23)24/h4-7,12-13,19,25H,8-11H2,1-3H3/t19-/m1/s1. The van der Waals surface area contributed by atoms with Gasteiger partial charge in [0.25, 0.3) is 0 Å². The van der Waals surface area contributed by atoms with Crippen molar-refractivity contribution < 1.29 is 32.1 Å². The van der Waals surface area contributed by atoms with Crippen LogP contribution in [0.15, 0.2) is 36.4 Å². The third kappa shape index (κ3) is 5.09. The highest BCUT2D eigenvalue weighted by Crippen LogP contribution is 2.42. The minimum atomic E-state index is -4.73. The van der Waals surface area contributed by atoms with Crippen molar-refractivity contribution in [2.45, 2.75) is 12.4 Å². The number of hydrogen-bond donors (Lipinski definition) is 1. The highest BCUT2D eigenvalue weighted by Gasteiger charge is 2.31. The lowest BCUT2D eigenvalue weighted by atomic mass is 9.95. The number of methoxy groups -OCH3 is 3. The Morgan fingerprint density at radius 1 is 0.867 bits per heavy atom. The molecule has 0 spiro atoms. The van der Waals surface area contributed by atoms with Gasteiger partial charge in [0.1, 0.15) is 5.75 Å². The molecule has 1 fully saturated rings. The predicted molar refractivity (Wildman–Crippen MR) is 106 cm³/mol. The number of halogens is 3. The maximum Gasteiger partial charge on any atom is 0.573 e. The number of nitrogens with one attached hydrogen (secondary N) is 1. The summed E-state index contributed by atoms with van der Waals surface area (Å²) in [5.41, 5.74) is 1.72. The zero-order valence-electron chi connectivity index (χ0n) is 17.1. The van der Waals surface area contributed by atoms with Crippen LogP contribution in [0.5, 0.6) is 23.0 Å². The number of alkyl halides is 3. The van der Waals surface area contributed by atoms with Gasteiger partial charge in [-0.3, -0.25) is 4.90 Å². The fraction of sp³-hybridized carbons (Fsp3) is 0.429. The summed E-state index contributed by atoms with van der Waals surface area (Å²) >= 11 is 0. The summed E-state index contributed by atoms with van der Waals surface area (Å²) in [5.74, 6) is 1.26. The third-order valence-corrected chi connectivity index (χ3v) is 4.95. The maximum atomic E-state index is 12.5. The molecule has 0 bridgehead atoms. The van der Waals surface area contributed by atoms with Gasteiger partial charge in [0.15, 0.2) is 11.5 Å². The molecule has 9 heteroatoms. The molecule has 1 aliphatic rings. The Kier molecular flexibility index (Phi) is 6.94. The van der Waals surface area contributed by atoms with Gasteiger partial charge in [-0.1, -0.05) is 12.1 Å². The van der Waals surface area contributed by atoms with E-state index < -0.39 is 6.36 Å². The van der Waals surface area contributed by atoms with Crippen molar-refractivity contribution in [3.63, 3.8) is 0 Å². The van der Waals surface area contributed by atoms with E-state index in [-0.39, 0.29) is 11.8 Å². The lowest BCUT2D eigenvalue weighted by molar-refractivity contribution is -0.274. The molecule has 1 heterocycles. The van der Waals surface area contributed by atoms with Crippen molar-refractivity contribution in [1.29, 1.82) is 0 Å². The van der Waals surface area contributed by atoms with Gasteiger partial charge in [-0.05, 0) is 35.4 Å². The van der Waals surface area contributed by atoms with E-state index in [1.54, 1.807) is 26.4 Å². The van der Waals surface area contributed by atoms with Crippen LogP contribution in [0.3, 0.4) is 0 Å². The largest absolute Gasteiger partial charge is 0.573 e. The number of benzene rings is 2. The molecule has 0 amide bonds. The summed E-state index contributed by atoms with van der Waals surface area (Å²) < 4.78 is 57.9. The van der Waals surface area contributed by atoms with Crippen molar-refractivity contribution in [3.05, 3.63) is 47.5 Å². The maximum absolute atomic E-state index is 12.5. The van der Waals surface area contributed by atoms with Gasteiger partial charge in [-0.25, -0.2) is 0 Å². The van der Waals surface area contributed by atoms with Crippen LogP contribution >= 0.6 is 0 Å². The highest BCUT2D eigenvalue weighted by molar-refractivity contribution is 5.55. The molecule has 0 unspecified atom stereocenters. The van der Waals surface area contributed by atoms with Gasteiger partial charge >= 0.3 is 6.36 Å². The molecule has 1 atom stereocenters. The quantitative estimate of drug-likeness (QED) is 0.730. The molecule has 1 N–H and O–H groups in total. The van der Waals surface area contributed by atoms with Crippen LogP contribution in [0.4, 0.5) is 13.2 Å². The van der Waals surface area contributed by atoms with E-state index in [1.165, 1.54) is 19.2 Å². The molecule has 0 radical (unpaired) electrons. The first-order chi connectivity index (χ1) is 14.4. The van der Waals surface area contributed by atoms with Crippen LogP contribution in [-0.2, 0) is 0 Å². The zero-order chi connectivity index (χ0) is 21.7. The Bertz CT molecular complexity index is 812. The van der Waals surface area contributed by atoms with E-state index in [4.69, 9.17) is 14.2 Å². The number of rotatable bonds is 7. The molecule has 1 saturated heterocycles. The smallest absolute Gasteiger partial charge is 0.493 e. The van der Waals surface area contributed by atoms with Crippen molar-refractivity contribution in [2.24, 2.45) is 0 Å². The minimum Gasteiger partial charge on any atom is -0.493 e. The Hall–Kier alpha value is -2.65. The summed E-state index contributed by atoms with van der Waals surface area (Å²) in [6, 6.07) is 9.49. The second-order valence-electron chi connectivity index (χ2n) is 6.76. The van der Waals surface area contributed by atoms with Crippen LogP contribution in [0.25, 0.3) is 0 Å². The SMILES string of the molecule is COc1cc([C@@H](c2ccc(OC(F)(F)F)cc2)N2CCNCC2)cc(OC)c1OC. The fourth-order valence-electron chi connectivity index (χ4n) is 3.67. The third-order valence-electron chi connectivity index (χ3n) is 4.95. The second kappa shape index (κ2) is 9.44. The minimum absolute atomic E-state index is 0.208. The molecular formula is C21H25F3N2O4. The van der Waals surface area contributed by atoms with Crippen LogP contribution in [0.1, 0.15) is 17.2 Å². The van der Waals surface area contributed by atoms with E-state index in [0.717, 1.165) is 37.3 Å². The topological polar surface area (TPSA) is 52.2 Å². The first-order valence-electron chi connectivity index (χ1n) is 9.46. The average Bonchev–Trinajstić information content (AvgIpc) is 2.74. The lowest BCUT2D eigenvalue weighted by Crippen LogP contribution is -2.45. The summed E-state index contributed by atoms with van der Waals surface area (Å²) in [7, 11) is 4.63. The van der Waals surface area contributed by atoms with E-state index >= 15 is 0 Å². The van der Waals surface area contributed by atoms with Crippen molar-refractivity contribution in [3.8, 4) is 23.0 Å². The van der Waals surface area contributed by atoms with Gasteiger partial charge in [0, 0.05) is 26.2 Å². The Labute approximate surface area is 173 Å². The first-order valence-corrected chi connectivity index (χ1v) is 9.46. The van der Waals surface area contributed by atoms with Gasteiger partial charge in [0.05, 0.1) is 27.4 Å². The average molecular weight is 426 g/mol. The molecule has 2 aromatic carbocycles. The highest BCUT2D eigenvalue weighted by atomic mass is 19.4. The second-order valence-corrected chi connectivity index (χ2v) is 6.76. The summed E-state index contributed by atoms with van der Waals surface area (Å²) in [6.45, 7) is 3.19. The van der Waals surface area contributed by atoms with Gasteiger partial charge in [0.2, 0.25) is 5.75 Å². The van der Waals surface area contributed by atoms with E-state index in [2.05, 4.69) is 15.0 Å². The van der Waals surface area contributed by atoms with Gasteiger partial charge in [-0.15, -0.1) is 13.2 Å². The van der Waals surface area contributed by atoms with Crippen LogP contribution < -0.4 is 24.3 Å². The molecule has 0 saturated carbocycles. The molecule has 1 aliphatic heterocycles. The number of nitrogens with zero attached hydrogens (tertiary/aromatic N) is 1. The van der Waals surface area contributed by atoms with E-state index in [1.807, 2.05) is 12.1 Å². The Balaban J connectivity index is 2.03. The molecule has 0 aromatic heterocycles. The van der Waals surface area contributed by atoms with Gasteiger partial charge < -0.3 is 24.3 Å². The molecule has 30 heavy (non-hydrogen) atoms.